The Hall–Kier alpha value is -3.01. The average molecular weight is 449 g/mol. The van der Waals surface area contributed by atoms with Crippen molar-refractivity contribution in [1.82, 2.24) is 15.1 Å². The maximum atomic E-state index is 13.9. The second-order valence-corrected chi connectivity index (χ2v) is 8.98. The zero-order chi connectivity index (χ0) is 22.8. The first-order chi connectivity index (χ1) is 15.2. The molecule has 1 aliphatic carbocycles. The SMILES string of the molecule is O=C(NCc1c(F)cc(F)cc1F)C1=CN2C[C@@]34CCC[C@@H](CN3C(=O)C2=C(O)C1O)C4. The smallest absolute Gasteiger partial charge is 0.274 e. The van der Waals surface area contributed by atoms with Crippen LogP contribution in [0, 0.1) is 23.4 Å². The number of fused-ring (bicyclic) bond motifs is 2. The molecule has 5 rings (SSSR count). The Morgan fingerprint density at radius 3 is 2.69 bits per heavy atom. The number of nitrogens with one attached hydrogen (secondary N) is 1. The van der Waals surface area contributed by atoms with E-state index in [4.69, 9.17) is 0 Å². The quantitative estimate of drug-likeness (QED) is 0.655. The van der Waals surface area contributed by atoms with Gasteiger partial charge in [-0.1, -0.05) is 6.42 Å². The lowest BCUT2D eigenvalue weighted by Crippen LogP contribution is -2.61. The van der Waals surface area contributed by atoms with Crippen LogP contribution in [0.5, 0.6) is 0 Å². The monoisotopic (exact) mass is 449 g/mol. The van der Waals surface area contributed by atoms with Gasteiger partial charge in [0.1, 0.15) is 29.3 Å². The van der Waals surface area contributed by atoms with E-state index in [1.54, 1.807) is 4.90 Å². The molecule has 3 fully saturated rings. The number of carbonyl (C=O) groups is 2. The van der Waals surface area contributed by atoms with Crippen LogP contribution in [-0.2, 0) is 16.1 Å². The summed E-state index contributed by atoms with van der Waals surface area (Å²) in [5.74, 6) is -4.86. The number of piperazine rings is 1. The Kier molecular flexibility index (Phi) is 4.74. The van der Waals surface area contributed by atoms with Gasteiger partial charge in [-0.25, -0.2) is 13.2 Å². The van der Waals surface area contributed by atoms with Crippen LogP contribution < -0.4 is 5.32 Å². The first kappa shape index (κ1) is 20.9. The van der Waals surface area contributed by atoms with Gasteiger partial charge in [-0.2, -0.15) is 0 Å². The van der Waals surface area contributed by atoms with Crippen LogP contribution >= 0.6 is 0 Å². The van der Waals surface area contributed by atoms with E-state index in [2.05, 4.69) is 5.32 Å². The highest BCUT2D eigenvalue weighted by Crippen LogP contribution is 2.48. The van der Waals surface area contributed by atoms with Gasteiger partial charge in [0.2, 0.25) is 0 Å². The number of nitrogens with zero attached hydrogens (tertiary/aromatic N) is 2. The molecule has 1 aromatic carbocycles. The largest absolute Gasteiger partial charge is 0.507 e. The third-order valence-corrected chi connectivity index (χ3v) is 7.02. The molecule has 1 spiro atoms. The molecule has 0 radical (unpaired) electrons. The summed E-state index contributed by atoms with van der Waals surface area (Å²) in [5.41, 5.74) is -1.21. The number of hydrogen-bond donors (Lipinski definition) is 3. The second-order valence-electron chi connectivity index (χ2n) is 8.98. The molecule has 0 aromatic heterocycles. The Labute approximate surface area is 181 Å². The molecule has 3 N–H and O–H groups in total. The zero-order valence-corrected chi connectivity index (χ0v) is 17.1. The van der Waals surface area contributed by atoms with Gasteiger partial charge >= 0.3 is 0 Å². The fourth-order valence-corrected chi connectivity index (χ4v) is 5.56. The predicted octanol–water partition coefficient (Wildman–Crippen LogP) is 1.83. The third kappa shape index (κ3) is 3.08. The van der Waals surface area contributed by atoms with Crippen LogP contribution in [0.1, 0.15) is 31.2 Å². The normalized spacial score (nSPS) is 29.0. The van der Waals surface area contributed by atoms with Crippen LogP contribution in [0.15, 0.2) is 35.4 Å². The van der Waals surface area contributed by atoms with E-state index in [1.807, 2.05) is 0 Å². The number of aliphatic hydroxyl groups is 2. The van der Waals surface area contributed by atoms with Gasteiger partial charge in [-0.15, -0.1) is 0 Å². The van der Waals surface area contributed by atoms with Crippen molar-refractivity contribution >= 4 is 11.8 Å². The minimum absolute atomic E-state index is 0.0529. The molecule has 3 aliphatic heterocycles. The van der Waals surface area contributed by atoms with E-state index >= 15 is 0 Å². The lowest BCUT2D eigenvalue weighted by atomic mass is 9.78. The summed E-state index contributed by atoms with van der Waals surface area (Å²) < 4.78 is 40.8. The van der Waals surface area contributed by atoms with E-state index < -0.39 is 47.3 Å². The molecule has 1 saturated carbocycles. The molecular weight excluding hydrogens is 427 g/mol. The van der Waals surface area contributed by atoms with Gasteiger partial charge in [0.25, 0.3) is 11.8 Å². The third-order valence-electron chi connectivity index (χ3n) is 7.02. The summed E-state index contributed by atoms with van der Waals surface area (Å²) in [7, 11) is 0. The molecule has 3 heterocycles. The topological polar surface area (TPSA) is 93.1 Å². The molecule has 2 amide bonds. The van der Waals surface area contributed by atoms with Gasteiger partial charge < -0.3 is 25.3 Å². The molecule has 32 heavy (non-hydrogen) atoms. The lowest BCUT2D eigenvalue weighted by molar-refractivity contribution is -0.138. The number of aliphatic hydroxyl groups excluding tert-OH is 2. The van der Waals surface area contributed by atoms with Crippen LogP contribution in [0.3, 0.4) is 0 Å². The second kappa shape index (κ2) is 7.26. The van der Waals surface area contributed by atoms with E-state index in [1.165, 1.54) is 11.1 Å². The number of amides is 2. The number of halogens is 3. The van der Waals surface area contributed by atoms with Crippen molar-refractivity contribution in [3.8, 4) is 0 Å². The van der Waals surface area contributed by atoms with Gasteiger partial charge in [0.15, 0.2) is 5.76 Å². The standard InChI is InChI=1S/C22H22F3N3O4/c23-12-4-15(24)13(16(25)5-12)7-26-20(31)14-9-27-10-22-3-1-2-11(6-22)8-28(22)21(32)17(27)19(30)18(14)29/h4-5,9,11,18,29-30H,1-3,6-8,10H2,(H,26,31)/t11-,18?,22+/m1/s1. The van der Waals surface area contributed by atoms with Crippen molar-refractivity contribution in [1.29, 1.82) is 0 Å². The van der Waals surface area contributed by atoms with Crippen LogP contribution in [0.2, 0.25) is 0 Å². The Morgan fingerprint density at radius 1 is 1.25 bits per heavy atom. The molecule has 2 saturated heterocycles. The molecule has 1 aromatic rings. The first-order valence-corrected chi connectivity index (χ1v) is 10.5. The number of hydrogen-bond acceptors (Lipinski definition) is 5. The van der Waals surface area contributed by atoms with Gasteiger partial charge in [0, 0.05) is 43.5 Å². The predicted molar refractivity (Wildman–Crippen MR) is 105 cm³/mol. The van der Waals surface area contributed by atoms with Crippen molar-refractivity contribution < 1.29 is 33.0 Å². The van der Waals surface area contributed by atoms with Crippen LogP contribution in [0.25, 0.3) is 0 Å². The van der Waals surface area contributed by atoms with Crippen molar-refractivity contribution in [2.45, 2.75) is 43.9 Å². The molecule has 2 bridgehead atoms. The van der Waals surface area contributed by atoms with Crippen LogP contribution in [-0.4, -0.2) is 56.6 Å². The summed E-state index contributed by atoms with van der Waals surface area (Å²) in [6.45, 7) is 0.418. The number of benzene rings is 1. The van der Waals surface area contributed by atoms with Crippen molar-refractivity contribution in [2.75, 3.05) is 13.1 Å². The zero-order valence-electron chi connectivity index (χ0n) is 17.1. The molecule has 1 unspecified atom stereocenters. The summed E-state index contributed by atoms with van der Waals surface area (Å²) >= 11 is 0. The van der Waals surface area contributed by atoms with E-state index in [9.17, 15) is 33.0 Å². The minimum Gasteiger partial charge on any atom is -0.507 e. The van der Waals surface area contributed by atoms with Crippen molar-refractivity contribution in [2.24, 2.45) is 5.92 Å². The van der Waals surface area contributed by atoms with Gasteiger partial charge in [-0.05, 0) is 25.2 Å². The summed E-state index contributed by atoms with van der Waals surface area (Å²) in [5, 5.41) is 23.4. The molecule has 4 aliphatic rings. The van der Waals surface area contributed by atoms with Crippen LogP contribution in [0.4, 0.5) is 13.2 Å². The highest BCUT2D eigenvalue weighted by molar-refractivity contribution is 5.99. The minimum atomic E-state index is -1.76. The summed E-state index contributed by atoms with van der Waals surface area (Å²) in [6, 6.07) is 1.01. The number of carbonyl (C=O) groups excluding carboxylic acids is 2. The Balaban J connectivity index is 1.39. The van der Waals surface area contributed by atoms with E-state index in [0.717, 1.165) is 25.7 Å². The molecular formula is C22H22F3N3O4. The highest BCUT2D eigenvalue weighted by Gasteiger charge is 2.56. The Morgan fingerprint density at radius 2 is 1.97 bits per heavy atom. The molecule has 170 valence electrons. The molecule has 3 atom stereocenters. The highest BCUT2D eigenvalue weighted by atomic mass is 19.1. The van der Waals surface area contributed by atoms with Crippen molar-refractivity contribution in [3.05, 3.63) is 58.4 Å². The maximum absolute atomic E-state index is 13.9. The maximum Gasteiger partial charge on any atom is 0.274 e. The molecule has 10 heteroatoms. The van der Waals surface area contributed by atoms with E-state index in [-0.39, 0.29) is 22.7 Å². The Bertz CT molecular complexity index is 1070. The number of rotatable bonds is 3. The fraction of sp³-hybridized carbons (Fsp3) is 0.455. The summed E-state index contributed by atoms with van der Waals surface area (Å²) in [4.78, 5) is 29.1. The van der Waals surface area contributed by atoms with Gasteiger partial charge in [-0.3, -0.25) is 9.59 Å². The average Bonchev–Trinajstić information content (AvgIpc) is 2.99. The first-order valence-electron chi connectivity index (χ1n) is 10.5. The van der Waals surface area contributed by atoms with Gasteiger partial charge in [0.05, 0.1) is 11.1 Å². The fourth-order valence-electron chi connectivity index (χ4n) is 5.56. The molecule has 7 nitrogen and oxygen atoms in total. The lowest BCUT2D eigenvalue weighted by Gasteiger charge is -2.49. The van der Waals surface area contributed by atoms with E-state index in [0.29, 0.717) is 31.1 Å². The summed E-state index contributed by atoms with van der Waals surface area (Å²) in [6.07, 6.45) is 3.26. The van der Waals surface area contributed by atoms with Crippen molar-refractivity contribution in [3.63, 3.8) is 0 Å².